The number of carboxylic acid groups (broad SMARTS) is 1. The summed E-state index contributed by atoms with van der Waals surface area (Å²) in [5.41, 5.74) is 3.81. The molecule has 28 heavy (non-hydrogen) atoms. The van der Waals surface area contributed by atoms with Crippen LogP contribution in [-0.4, -0.2) is 38.3 Å². The summed E-state index contributed by atoms with van der Waals surface area (Å²) in [6, 6.07) is 17.1. The first kappa shape index (κ1) is 18.7. The lowest BCUT2D eigenvalue weighted by Gasteiger charge is -2.32. The summed E-state index contributed by atoms with van der Waals surface area (Å²) in [5.74, 6) is -0.747. The smallest absolute Gasteiger partial charge is 0.320 e. The third kappa shape index (κ3) is 3.96. The molecule has 0 radical (unpaired) electrons. The minimum atomic E-state index is -0.747. The average molecular weight is 396 g/mol. The van der Waals surface area contributed by atoms with Crippen LogP contribution in [0.3, 0.4) is 0 Å². The van der Waals surface area contributed by atoms with Gasteiger partial charge in [-0.1, -0.05) is 48.4 Å². The van der Waals surface area contributed by atoms with Gasteiger partial charge in [-0.2, -0.15) is 5.10 Å². The van der Waals surface area contributed by atoms with Gasteiger partial charge in [0.2, 0.25) is 0 Å². The second kappa shape index (κ2) is 8.17. The number of carboxylic acids is 1. The molecule has 3 aromatic rings. The van der Waals surface area contributed by atoms with Crippen LogP contribution in [0, 0.1) is 0 Å². The van der Waals surface area contributed by atoms with E-state index in [0.29, 0.717) is 18.0 Å². The van der Waals surface area contributed by atoms with E-state index in [4.69, 9.17) is 16.7 Å². The molecule has 0 amide bonds. The molecule has 1 unspecified atom stereocenters. The molecule has 1 aliphatic rings. The summed E-state index contributed by atoms with van der Waals surface area (Å²) < 4.78 is 1.86. The van der Waals surface area contributed by atoms with Gasteiger partial charge in [-0.3, -0.25) is 9.69 Å². The highest BCUT2D eigenvalue weighted by molar-refractivity contribution is 6.30. The minimum Gasteiger partial charge on any atom is -0.480 e. The van der Waals surface area contributed by atoms with Gasteiger partial charge in [-0.15, -0.1) is 0 Å². The van der Waals surface area contributed by atoms with Crippen molar-refractivity contribution < 1.29 is 9.90 Å². The quantitative estimate of drug-likeness (QED) is 0.684. The zero-order valence-corrected chi connectivity index (χ0v) is 16.2. The van der Waals surface area contributed by atoms with E-state index in [1.165, 1.54) is 0 Å². The number of piperidine rings is 1. The third-order valence-corrected chi connectivity index (χ3v) is 5.45. The second-order valence-electron chi connectivity index (χ2n) is 7.11. The molecule has 0 spiro atoms. The Bertz CT molecular complexity index is 954. The SMILES string of the molecule is O=C(O)C1CCCCN1Cc1cn(-c2ccccc2)nc1-c1ccc(Cl)cc1. The van der Waals surface area contributed by atoms with Crippen molar-refractivity contribution in [1.82, 2.24) is 14.7 Å². The van der Waals surface area contributed by atoms with E-state index in [1.54, 1.807) is 0 Å². The minimum absolute atomic E-state index is 0.438. The van der Waals surface area contributed by atoms with Crippen molar-refractivity contribution in [1.29, 1.82) is 0 Å². The molecule has 5 nitrogen and oxygen atoms in total. The van der Waals surface area contributed by atoms with Gasteiger partial charge in [-0.05, 0) is 43.7 Å². The Morgan fingerprint density at radius 2 is 1.86 bits per heavy atom. The van der Waals surface area contributed by atoms with Crippen LogP contribution < -0.4 is 0 Å². The Hall–Kier alpha value is -2.63. The van der Waals surface area contributed by atoms with Crippen LogP contribution in [0.25, 0.3) is 16.9 Å². The number of hydrogen-bond acceptors (Lipinski definition) is 3. The molecule has 0 saturated carbocycles. The van der Waals surface area contributed by atoms with Crippen molar-refractivity contribution in [3.8, 4) is 16.9 Å². The number of rotatable bonds is 5. The van der Waals surface area contributed by atoms with Crippen molar-refractivity contribution in [2.24, 2.45) is 0 Å². The number of para-hydroxylation sites is 1. The van der Waals surface area contributed by atoms with Gasteiger partial charge in [0.1, 0.15) is 6.04 Å². The van der Waals surface area contributed by atoms with Gasteiger partial charge in [0.05, 0.1) is 11.4 Å². The normalized spacial score (nSPS) is 17.5. The average Bonchev–Trinajstić information content (AvgIpc) is 3.13. The highest BCUT2D eigenvalue weighted by Gasteiger charge is 2.29. The molecular formula is C22H22ClN3O2. The van der Waals surface area contributed by atoms with E-state index in [2.05, 4.69) is 4.90 Å². The van der Waals surface area contributed by atoms with Crippen LogP contribution >= 0.6 is 11.6 Å². The lowest BCUT2D eigenvalue weighted by Crippen LogP contribution is -2.44. The molecule has 144 valence electrons. The molecule has 1 fully saturated rings. The van der Waals surface area contributed by atoms with Crippen LogP contribution in [0.4, 0.5) is 0 Å². The number of aromatic nitrogens is 2. The first-order valence-electron chi connectivity index (χ1n) is 9.48. The second-order valence-corrected chi connectivity index (χ2v) is 7.55. The summed E-state index contributed by atoms with van der Waals surface area (Å²) >= 11 is 6.05. The fraction of sp³-hybridized carbons (Fsp3) is 0.273. The Labute approximate surface area is 169 Å². The van der Waals surface area contributed by atoms with E-state index < -0.39 is 12.0 Å². The maximum absolute atomic E-state index is 11.7. The summed E-state index contributed by atoms with van der Waals surface area (Å²) in [5, 5.41) is 15.1. The molecule has 1 aliphatic heterocycles. The third-order valence-electron chi connectivity index (χ3n) is 5.20. The predicted molar refractivity (Wildman–Crippen MR) is 110 cm³/mol. The number of carbonyl (C=O) groups is 1. The molecule has 6 heteroatoms. The van der Waals surface area contributed by atoms with Crippen LogP contribution in [0.2, 0.25) is 5.02 Å². The van der Waals surface area contributed by atoms with Crippen LogP contribution in [-0.2, 0) is 11.3 Å². The standard InChI is InChI=1S/C22H22ClN3O2/c23-18-11-9-16(10-12-18)21-17(14-25-13-5-4-8-20(25)22(27)28)15-26(24-21)19-6-2-1-3-7-19/h1-3,6-7,9-12,15,20H,4-5,8,13-14H2,(H,27,28). The number of nitrogens with zero attached hydrogens (tertiary/aromatic N) is 3. The zero-order valence-electron chi connectivity index (χ0n) is 15.5. The fourth-order valence-corrected chi connectivity index (χ4v) is 3.89. The monoisotopic (exact) mass is 395 g/mol. The van der Waals surface area contributed by atoms with Gasteiger partial charge in [-0.25, -0.2) is 4.68 Å². The molecule has 4 rings (SSSR count). The summed E-state index contributed by atoms with van der Waals surface area (Å²) in [7, 11) is 0. The van der Waals surface area contributed by atoms with Gasteiger partial charge in [0.15, 0.2) is 0 Å². The fourth-order valence-electron chi connectivity index (χ4n) is 3.77. The van der Waals surface area contributed by atoms with Gasteiger partial charge in [0, 0.05) is 28.9 Å². The first-order chi connectivity index (χ1) is 13.6. The summed E-state index contributed by atoms with van der Waals surface area (Å²) in [6.07, 6.45) is 4.68. The maximum Gasteiger partial charge on any atom is 0.320 e. The molecular weight excluding hydrogens is 374 g/mol. The van der Waals surface area contributed by atoms with Crippen LogP contribution in [0.5, 0.6) is 0 Å². The van der Waals surface area contributed by atoms with Gasteiger partial charge < -0.3 is 5.11 Å². The highest BCUT2D eigenvalue weighted by atomic mass is 35.5. The Morgan fingerprint density at radius 1 is 1.11 bits per heavy atom. The molecule has 2 heterocycles. The van der Waals surface area contributed by atoms with E-state index in [9.17, 15) is 9.90 Å². The Kier molecular flexibility index (Phi) is 5.46. The van der Waals surface area contributed by atoms with Gasteiger partial charge in [0.25, 0.3) is 0 Å². The molecule has 2 aromatic carbocycles. The van der Waals surface area contributed by atoms with Crippen molar-refractivity contribution >= 4 is 17.6 Å². The lowest BCUT2D eigenvalue weighted by atomic mass is 10.0. The number of hydrogen-bond donors (Lipinski definition) is 1. The number of likely N-dealkylation sites (tertiary alicyclic amines) is 1. The first-order valence-corrected chi connectivity index (χ1v) is 9.86. The van der Waals surface area contributed by atoms with Crippen LogP contribution in [0.1, 0.15) is 24.8 Å². The molecule has 0 aliphatic carbocycles. The molecule has 1 saturated heterocycles. The van der Waals surface area contributed by atoms with Crippen molar-refractivity contribution in [3.63, 3.8) is 0 Å². The van der Waals surface area contributed by atoms with E-state index in [0.717, 1.165) is 41.9 Å². The molecule has 1 atom stereocenters. The molecule has 0 bridgehead atoms. The van der Waals surface area contributed by atoms with E-state index in [1.807, 2.05) is 65.5 Å². The van der Waals surface area contributed by atoms with Crippen molar-refractivity contribution in [2.45, 2.75) is 31.8 Å². The molecule has 1 aromatic heterocycles. The van der Waals surface area contributed by atoms with Crippen molar-refractivity contribution in [2.75, 3.05) is 6.54 Å². The maximum atomic E-state index is 11.7. The van der Waals surface area contributed by atoms with Gasteiger partial charge >= 0.3 is 5.97 Å². The zero-order chi connectivity index (χ0) is 19.5. The number of halogens is 1. The summed E-state index contributed by atoms with van der Waals surface area (Å²) in [6.45, 7) is 1.34. The molecule has 1 N–H and O–H groups in total. The Balaban J connectivity index is 1.73. The lowest BCUT2D eigenvalue weighted by molar-refractivity contribution is -0.144. The van der Waals surface area contributed by atoms with E-state index in [-0.39, 0.29) is 0 Å². The van der Waals surface area contributed by atoms with Crippen molar-refractivity contribution in [3.05, 3.63) is 71.4 Å². The van der Waals surface area contributed by atoms with E-state index >= 15 is 0 Å². The number of aliphatic carboxylic acids is 1. The Morgan fingerprint density at radius 3 is 2.57 bits per heavy atom. The topological polar surface area (TPSA) is 58.4 Å². The highest BCUT2D eigenvalue weighted by Crippen LogP contribution is 2.28. The van der Waals surface area contributed by atoms with Crippen LogP contribution in [0.15, 0.2) is 60.8 Å². The largest absolute Gasteiger partial charge is 0.480 e. The summed E-state index contributed by atoms with van der Waals surface area (Å²) in [4.78, 5) is 13.8. The number of benzene rings is 2. The predicted octanol–water partition coefficient (Wildman–Crippen LogP) is 4.63.